The van der Waals surface area contributed by atoms with Gasteiger partial charge in [-0.2, -0.15) is 0 Å². The predicted molar refractivity (Wildman–Crippen MR) is 45.1 cm³/mol. The van der Waals surface area contributed by atoms with Crippen molar-refractivity contribution in [3.63, 3.8) is 0 Å². The van der Waals surface area contributed by atoms with Crippen LogP contribution in [0.3, 0.4) is 0 Å². The second-order valence-corrected chi connectivity index (χ2v) is 2.14. The SMILES string of the molecule is CCO/C(=C\N)CCC(=O)OC. The van der Waals surface area contributed by atoms with Crippen LogP contribution in [0.25, 0.3) is 0 Å². The van der Waals surface area contributed by atoms with Crippen molar-refractivity contribution in [3.8, 4) is 0 Å². The maximum Gasteiger partial charge on any atom is 0.305 e. The van der Waals surface area contributed by atoms with Crippen LogP contribution in [0.1, 0.15) is 19.8 Å². The van der Waals surface area contributed by atoms with E-state index < -0.39 is 0 Å². The first kappa shape index (κ1) is 10.8. The van der Waals surface area contributed by atoms with Crippen LogP contribution in [0.5, 0.6) is 0 Å². The summed E-state index contributed by atoms with van der Waals surface area (Å²) in [6, 6.07) is 0. The molecule has 0 rings (SSSR count). The lowest BCUT2D eigenvalue weighted by Gasteiger charge is -2.05. The lowest BCUT2D eigenvalue weighted by molar-refractivity contribution is -0.140. The molecule has 0 fully saturated rings. The normalized spacial score (nSPS) is 11.0. The van der Waals surface area contributed by atoms with E-state index in [-0.39, 0.29) is 5.97 Å². The third-order valence-electron chi connectivity index (χ3n) is 1.32. The van der Waals surface area contributed by atoms with Gasteiger partial charge in [-0.25, -0.2) is 0 Å². The smallest absolute Gasteiger partial charge is 0.305 e. The van der Waals surface area contributed by atoms with Gasteiger partial charge in [-0.15, -0.1) is 0 Å². The molecule has 12 heavy (non-hydrogen) atoms. The molecule has 0 atom stereocenters. The monoisotopic (exact) mass is 173 g/mol. The highest BCUT2D eigenvalue weighted by atomic mass is 16.5. The summed E-state index contributed by atoms with van der Waals surface area (Å²) < 4.78 is 9.58. The Bertz CT molecular complexity index is 166. The van der Waals surface area contributed by atoms with Crippen LogP contribution in [-0.4, -0.2) is 19.7 Å². The number of carbonyl (C=O) groups is 1. The molecule has 0 aromatic heterocycles. The molecule has 0 aromatic rings. The van der Waals surface area contributed by atoms with Crippen molar-refractivity contribution >= 4 is 5.97 Å². The number of esters is 1. The number of allylic oxidation sites excluding steroid dienone is 1. The minimum absolute atomic E-state index is 0.256. The second-order valence-electron chi connectivity index (χ2n) is 2.14. The molecule has 0 spiro atoms. The molecule has 0 bridgehead atoms. The van der Waals surface area contributed by atoms with E-state index in [0.29, 0.717) is 25.2 Å². The Morgan fingerprint density at radius 1 is 1.50 bits per heavy atom. The lowest BCUT2D eigenvalue weighted by atomic mass is 10.3. The molecule has 0 aromatic carbocycles. The van der Waals surface area contributed by atoms with Crippen LogP contribution in [0, 0.1) is 0 Å². The van der Waals surface area contributed by atoms with Gasteiger partial charge < -0.3 is 15.2 Å². The molecule has 0 radical (unpaired) electrons. The number of hydrogen-bond acceptors (Lipinski definition) is 4. The average molecular weight is 173 g/mol. The Labute approximate surface area is 72.3 Å². The first-order valence-corrected chi connectivity index (χ1v) is 3.85. The van der Waals surface area contributed by atoms with Gasteiger partial charge in [-0.3, -0.25) is 4.79 Å². The van der Waals surface area contributed by atoms with E-state index in [4.69, 9.17) is 10.5 Å². The minimum Gasteiger partial charge on any atom is -0.497 e. The highest BCUT2D eigenvalue weighted by molar-refractivity contribution is 5.69. The molecule has 4 heteroatoms. The topological polar surface area (TPSA) is 61.5 Å². The number of hydrogen-bond donors (Lipinski definition) is 1. The van der Waals surface area contributed by atoms with Gasteiger partial charge in [0, 0.05) is 12.6 Å². The molecule has 0 saturated carbocycles. The minimum atomic E-state index is -0.256. The maximum absolute atomic E-state index is 10.7. The molecule has 0 amide bonds. The Hall–Kier alpha value is -1.19. The summed E-state index contributed by atoms with van der Waals surface area (Å²) in [7, 11) is 1.36. The maximum atomic E-state index is 10.7. The van der Waals surface area contributed by atoms with E-state index in [9.17, 15) is 4.79 Å². The Morgan fingerprint density at radius 2 is 2.17 bits per heavy atom. The quantitative estimate of drug-likeness (QED) is 0.493. The van der Waals surface area contributed by atoms with Gasteiger partial charge in [0.2, 0.25) is 0 Å². The third-order valence-corrected chi connectivity index (χ3v) is 1.32. The third kappa shape index (κ3) is 4.60. The summed E-state index contributed by atoms with van der Waals surface area (Å²) in [5.74, 6) is 0.372. The van der Waals surface area contributed by atoms with Gasteiger partial charge in [0.05, 0.1) is 20.1 Å². The van der Waals surface area contributed by atoms with Crippen LogP contribution in [0.2, 0.25) is 0 Å². The first-order valence-electron chi connectivity index (χ1n) is 3.85. The zero-order valence-corrected chi connectivity index (χ0v) is 7.50. The van der Waals surface area contributed by atoms with E-state index in [2.05, 4.69) is 4.74 Å². The molecule has 0 aliphatic heterocycles. The van der Waals surface area contributed by atoms with Gasteiger partial charge in [0.25, 0.3) is 0 Å². The molecular weight excluding hydrogens is 158 g/mol. The van der Waals surface area contributed by atoms with E-state index in [0.717, 1.165) is 0 Å². The summed E-state index contributed by atoms with van der Waals surface area (Å²) in [5, 5.41) is 0. The van der Waals surface area contributed by atoms with E-state index in [1.54, 1.807) is 0 Å². The molecule has 4 nitrogen and oxygen atoms in total. The van der Waals surface area contributed by atoms with E-state index >= 15 is 0 Å². The molecule has 70 valence electrons. The zero-order valence-electron chi connectivity index (χ0n) is 7.50. The van der Waals surface area contributed by atoms with Crippen molar-refractivity contribution in [3.05, 3.63) is 12.0 Å². The molecule has 2 N–H and O–H groups in total. The van der Waals surface area contributed by atoms with E-state index in [1.165, 1.54) is 13.3 Å². The van der Waals surface area contributed by atoms with Crippen molar-refractivity contribution in [1.82, 2.24) is 0 Å². The number of ether oxygens (including phenoxy) is 2. The number of nitrogens with two attached hydrogens (primary N) is 1. The summed E-state index contributed by atoms with van der Waals surface area (Å²) in [4.78, 5) is 10.7. The van der Waals surface area contributed by atoms with Crippen molar-refractivity contribution in [2.45, 2.75) is 19.8 Å². The van der Waals surface area contributed by atoms with Gasteiger partial charge in [0.1, 0.15) is 5.76 Å². The highest BCUT2D eigenvalue weighted by Gasteiger charge is 2.03. The number of carbonyl (C=O) groups excluding carboxylic acids is 1. The zero-order chi connectivity index (χ0) is 9.40. The fourth-order valence-electron chi connectivity index (χ4n) is 0.716. The number of methoxy groups -OCH3 is 1. The fraction of sp³-hybridized carbons (Fsp3) is 0.625. The fourth-order valence-corrected chi connectivity index (χ4v) is 0.716. The second kappa shape index (κ2) is 6.52. The predicted octanol–water partition coefficient (Wildman–Crippen LogP) is 0.776. The molecule has 0 unspecified atom stereocenters. The Morgan fingerprint density at radius 3 is 2.58 bits per heavy atom. The summed E-state index contributed by atoms with van der Waals surface area (Å²) >= 11 is 0. The summed E-state index contributed by atoms with van der Waals surface area (Å²) in [6.07, 6.45) is 2.17. The van der Waals surface area contributed by atoms with Gasteiger partial charge in [-0.05, 0) is 6.92 Å². The van der Waals surface area contributed by atoms with Gasteiger partial charge in [0.15, 0.2) is 0 Å². The van der Waals surface area contributed by atoms with Crippen LogP contribution < -0.4 is 5.73 Å². The molecule has 0 aliphatic rings. The molecular formula is C8H15NO3. The molecule has 0 heterocycles. The van der Waals surface area contributed by atoms with Crippen molar-refractivity contribution in [1.29, 1.82) is 0 Å². The lowest BCUT2D eigenvalue weighted by Crippen LogP contribution is -2.03. The van der Waals surface area contributed by atoms with Crippen molar-refractivity contribution in [2.24, 2.45) is 5.73 Å². The van der Waals surface area contributed by atoms with Gasteiger partial charge in [-0.1, -0.05) is 0 Å². The molecule has 0 aliphatic carbocycles. The Balaban J connectivity index is 3.66. The van der Waals surface area contributed by atoms with Crippen molar-refractivity contribution in [2.75, 3.05) is 13.7 Å². The highest BCUT2D eigenvalue weighted by Crippen LogP contribution is 2.05. The average Bonchev–Trinajstić information content (AvgIpc) is 2.11. The Kier molecular flexibility index (Phi) is 5.87. The number of rotatable bonds is 5. The molecule has 0 saturated heterocycles. The van der Waals surface area contributed by atoms with Crippen LogP contribution in [0.15, 0.2) is 12.0 Å². The largest absolute Gasteiger partial charge is 0.497 e. The first-order chi connectivity index (χ1) is 5.74. The van der Waals surface area contributed by atoms with Crippen LogP contribution >= 0.6 is 0 Å². The van der Waals surface area contributed by atoms with E-state index in [1.807, 2.05) is 6.92 Å². The summed E-state index contributed by atoms with van der Waals surface area (Å²) in [6.45, 7) is 2.42. The van der Waals surface area contributed by atoms with Gasteiger partial charge >= 0.3 is 5.97 Å². The van der Waals surface area contributed by atoms with Crippen molar-refractivity contribution < 1.29 is 14.3 Å². The summed E-state index contributed by atoms with van der Waals surface area (Å²) in [5.41, 5.74) is 5.25. The standard InChI is InChI=1S/C8H15NO3/c1-3-12-7(6-9)4-5-8(10)11-2/h6H,3-5,9H2,1-2H3/b7-6-. The van der Waals surface area contributed by atoms with Crippen LogP contribution in [-0.2, 0) is 14.3 Å². The van der Waals surface area contributed by atoms with Crippen LogP contribution in [0.4, 0.5) is 0 Å².